The highest BCUT2D eigenvalue weighted by Crippen LogP contribution is 2.15. The number of rotatable bonds is 2. The van der Waals surface area contributed by atoms with Crippen molar-refractivity contribution in [2.24, 2.45) is 0 Å². The summed E-state index contributed by atoms with van der Waals surface area (Å²) < 4.78 is 5.24. The third-order valence-corrected chi connectivity index (χ3v) is 1.76. The zero-order chi connectivity index (χ0) is 9.10. The highest BCUT2D eigenvalue weighted by Gasteiger charge is 2.04. The minimum absolute atomic E-state index is 0.369. The molecule has 4 heteroatoms. The Morgan fingerprint density at radius 3 is 2.54 bits per heavy atom. The van der Waals surface area contributed by atoms with Gasteiger partial charge in [0, 0.05) is 5.56 Å². The van der Waals surface area contributed by atoms with Crippen LogP contribution in [0.5, 0.6) is 0 Å². The number of hydrogen-bond acceptors (Lipinski definition) is 4. The van der Waals surface area contributed by atoms with Gasteiger partial charge in [-0.25, -0.2) is 0 Å². The van der Waals surface area contributed by atoms with Crippen LogP contribution in [0.25, 0.3) is 11.5 Å². The van der Waals surface area contributed by atoms with Crippen LogP contribution in [0.3, 0.4) is 0 Å². The lowest BCUT2D eigenvalue weighted by Gasteiger charge is -1.90. The van der Waals surface area contributed by atoms with Crippen molar-refractivity contribution in [3.05, 3.63) is 36.2 Å². The third kappa shape index (κ3) is 1.62. The predicted octanol–water partition coefficient (Wildman–Crippen LogP) is 2.08. The summed E-state index contributed by atoms with van der Waals surface area (Å²) in [6.07, 6.45) is 0. The summed E-state index contributed by atoms with van der Waals surface area (Å²) in [6.45, 7) is 0. The van der Waals surface area contributed by atoms with Gasteiger partial charge in [-0.05, 0) is 12.1 Å². The predicted molar refractivity (Wildman–Crippen MR) is 52.5 cm³/mol. The van der Waals surface area contributed by atoms with E-state index in [0.717, 1.165) is 5.56 Å². The summed E-state index contributed by atoms with van der Waals surface area (Å²) in [5, 5.41) is 8.94. The van der Waals surface area contributed by atoms with Gasteiger partial charge in [0.2, 0.25) is 5.89 Å². The lowest BCUT2D eigenvalue weighted by molar-refractivity contribution is 0.562. The van der Waals surface area contributed by atoms with Gasteiger partial charge in [0.15, 0.2) is 0 Å². The van der Waals surface area contributed by atoms with Gasteiger partial charge in [-0.3, -0.25) is 0 Å². The third-order valence-electron chi connectivity index (χ3n) is 1.56. The molecule has 64 valence electrons. The van der Waals surface area contributed by atoms with Crippen LogP contribution in [0, 0.1) is 0 Å². The monoisotopic (exact) mass is 190 g/mol. The second-order valence-electron chi connectivity index (χ2n) is 2.43. The molecule has 0 unspecified atom stereocenters. The lowest BCUT2D eigenvalue weighted by atomic mass is 10.2. The SMILES string of the molecule is S=Cc1nnc(-c2ccccc2)o1. The molecule has 1 aromatic heterocycles. The number of nitrogens with zero attached hydrogens (tertiary/aromatic N) is 2. The normalized spacial score (nSPS) is 9.85. The first-order valence-corrected chi connectivity index (χ1v) is 4.21. The first-order chi connectivity index (χ1) is 6.40. The Balaban J connectivity index is 2.41. The van der Waals surface area contributed by atoms with Crippen molar-refractivity contribution in [2.75, 3.05) is 0 Å². The Morgan fingerprint density at radius 1 is 1.15 bits per heavy atom. The molecule has 1 heterocycles. The Hall–Kier alpha value is -1.55. The summed E-state index contributed by atoms with van der Waals surface area (Å²) in [6, 6.07) is 9.56. The highest BCUT2D eigenvalue weighted by atomic mass is 32.1. The fraction of sp³-hybridized carbons (Fsp3) is 0. The average Bonchev–Trinajstić information content (AvgIpc) is 2.67. The standard InChI is InChI=1S/C9H6N2OS/c13-6-8-10-11-9(12-8)7-4-2-1-3-5-7/h1-6H. The molecule has 0 amide bonds. The van der Waals surface area contributed by atoms with E-state index in [2.05, 4.69) is 22.4 Å². The van der Waals surface area contributed by atoms with Gasteiger partial charge in [-0.1, -0.05) is 30.4 Å². The van der Waals surface area contributed by atoms with Gasteiger partial charge in [0.25, 0.3) is 5.89 Å². The first-order valence-electron chi connectivity index (χ1n) is 3.74. The summed E-state index contributed by atoms with van der Waals surface area (Å²) in [5.41, 5.74) is 0.901. The Labute approximate surface area is 80.4 Å². The quantitative estimate of drug-likeness (QED) is 0.680. The van der Waals surface area contributed by atoms with Crippen LogP contribution in [0.2, 0.25) is 0 Å². The van der Waals surface area contributed by atoms with Crippen LogP contribution in [-0.4, -0.2) is 15.6 Å². The first kappa shape index (κ1) is 8.07. The summed E-state index contributed by atoms with van der Waals surface area (Å²) >= 11 is 4.66. The maximum Gasteiger partial charge on any atom is 0.251 e. The molecular formula is C9H6N2OS. The van der Waals surface area contributed by atoms with Crippen molar-refractivity contribution >= 4 is 17.6 Å². The van der Waals surface area contributed by atoms with E-state index in [1.54, 1.807) is 0 Å². The molecule has 1 aromatic carbocycles. The number of thiocarbonyl (C=S) groups is 1. The Morgan fingerprint density at radius 2 is 1.92 bits per heavy atom. The van der Waals surface area contributed by atoms with Crippen LogP contribution < -0.4 is 0 Å². The second kappa shape index (κ2) is 3.45. The molecule has 0 radical (unpaired) electrons. The molecule has 2 aromatic rings. The van der Waals surface area contributed by atoms with E-state index in [0.29, 0.717) is 11.8 Å². The van der Waals surface area contributed by atoms with Crippen LogP contribution >= 0.6 is 12.2 Å². The zero-order valence-electron chi connectivity index (χ0n) is 6.68. The topological polar surface area (TPSA) is 38.9 Å². The van der Waals surface area contributed by atoms with E-state index in [4.69, 9.17) is 4.42 Å². The minimum Gasteiger partial charge on any atom is -0.416 e. The highest BCUT2D eigenvalue weighted by molar-refractivity contribution is 7.79. The molecule has 0 spiro atoms. The van der Waals surface area contributed by atoms with Crippen LogP contribution in [0.4, 0.5) is 0 Å². The molecule has 0 saturated heterocycles. The fourth-order valence-corrected chi connectivity index (χ4v) is 1.07. The summed E-state index contributed by atoms with van der Waals surface area (Å²) in [5.74, 6) is 0.866. The van der Waals surface area contributed by atoms with E-state index in [1.807, 2.05) is 30.3 Å². The molecule has 0 bridgehead atoms. The molecule has 0 N–H and O–H groups in total. The molecule has 0 atom stereocenters. The molecule has 0 aliphatic rings. The maximum atomic E-state index is 5.24. The zero-order valence-corrected chi connectivity index (χ0v) is 7.49. The van der Waals surface area contributed by atoms with E-state index in [9.17, 15) is 0 Å². The molecule has 0 aliphatic heterocycles. The van der Waals surface area contributed by atoms with Gasteiger partial charge in [0.05, 0.1) is 5.37 Å². The molecule has 0 saturated carbocycles. The van der Waals surface area contributed by atoms with E-state index < -0.39 is 0 Å². The summed E-state index contributed by atoms with van der Waals surface area (Å²) in [4.78, 5) is 0. The molecule has 0 aliphatic carbocycles. The number of aromatic nitrogens is 2. The van der Waals surface area contributed by atoms with Gasteiger partial charge < -0.3 is 4.42 Å². The van der Waals surface area contributed by atoms with Crippen molar-refractivity contribution in [3.8, 4) is 11.5 Å². The van der Waals surface area contributed by atoms with Crippen LogP contribution in [0.15, 0.2) is 34.7 Å². The van der Waals surface area contributed by atoms with Crippen molar-refractivity contribution in [1.29, 1.82) is 0 Å². The minimum atomic E-state index is 0.369. The van der Waals surface area contributed by atoms with E-state index in [-0.39, 0.29) is 0 Å². The van der Waals surface area contributed by atoms with Gasteiger partial charge >= 0.3 is 0 Å². The van der Waals surface area contributed by atoms with E-state index in [1.165, 1.54) is 5.37 Å². The molecule has 0 fully saturated rings. The summed E-state index contributed by atoms with van der Waals surface area (Å²) in [7, 11) is 0. The van der Waals surface area contributed by atoms with Gasteiger partial charge in [-0.2, -0.15) is 0 Å². The average molecular weight is 190 g/mol. The number of hydrogen-bond donors (Lipinski definition) is 0. The van der Waals surface area contributed by atoms with Crippen molar-refractivity contribution in [2.45, 2.75) is 0 Å². The van der Waals surface area contributed by atoms with Gasteiger partial charge in [-0.15, -0.1) is 10.2 Å². The Kier molecular flexibility index (Phi) is 2.14. The van der Waals surface area contributed by atoms with Crippen LogP contribution in [0.1, 0.15) is 5.89 Å². The second-order valence-corrected chi connectivity index (χ2v) is 2.67. The molecule has 2 rings (SSSR count). The smallest absolute Gasteiger partial charge is 0.251 e. The van der Waals surface area contributed by atoms with Crippen molar-refractivity contribution < 1.29 is 4.42 Å². The maximum absolute atomic E-state index is 5.24. The largest absolute Gasteiger partial charge is 0.416 e. The fourth-order valence-electron chi connectivity index (χ4n) is 0.980. The lowest BCUT2D eigenvalue weighted by Crippen LogP contribution is -1.75. The van der Waals surface area contributed by atoms with Crippen molar-refractivity contribution in [1.82, 2.24) is 10.2 Å². The Bertz CT molecular complexity index is 411. The number of benzene rings is 1. The molecular weight excluding hydrogens is 184 g/mol. The van der Waals surface area contributed by atoms with E-state index >= 15 is 0 Å². The van der Waals surface area contributed by atoms with Crippen LogP contribution in [-0.2, 0) is 0 Å². The van der Waals surface area contributed by atoms with Crippen molar-refractivity contribution in [3.63, 3.8) is 0 Å². The molecule has 13 heavy (non-hydrogen) atoms. The van der Waals surface area contributed by atoms with Gasteiger partial charge in [0.1, 0.15) is 0 Å². The molecule has 3 nitrogen and oxygen atoms in total.